The van der Waals surface area contributed by atoms with E-state index in [-0.39, 0.29) is 11.8 Å². The third-order valence-corrected chi connectivity index (χ3v) is 4.03. The van der Waals surface area contributed by atoms with Crippen molar-refractivity contribution in [3.05, 3.63) is 48.9 Å². The highest BCUT2D eigenvalue weighted by atomic mass is 16.2. The second-order valence-corrected chi connectivity index (χ2v) is 5.88. The molecule has 9 nitrogen and oxygen atoms in total. The molecular formula is C16H16N8O. The maximum absolute atomic E-state index is 12.3. The molecule has 0 atom stereocenters. The fourth-order valence-electron chi connectivity index (χ4n) is 2.63. The number of nitrogens with one attached hydrogen (secondary N) is 1. The molecule has 0 aliphatic carbocycles. The fraction of sp³-hybridized carbons (Fsp3) is 0.250. The van der Waals surface area contributed by atoms with Crippen molar-refractivity contribution >= 4 is 17.5 Å². The van der Waals surface area contributed by atoms with Crippen LogP contribution < -0.4 is 10.2 Å². The first-order chi connectivity index (χ1) is 12.2. The van der Waals surface area contributed by atoms with Crippen molar-refractivity contribution < 1.29 is 4.79 Å². The minimum absolute atomic E-state index is 0.0279. The smallest absolute Gasteiger partial charge is 0.232 e. The summed E-state index contributed by atoms with van der Waals surface area (Å²) in [7, 11) is 0. The molecule has 1 fully saturated rings. The van der Waals surface area contributed by atoms with Crippen molar-refractivity contribution in [2.75, 3.05) is 23.3 Å². The van der Waals surface area contributed by atoms with Gasteiger partial charge in [0.05, 0.1) is 5.92 Å². The van der Waals surface area contributed by atoms with Gasteiger partial charge < -0.3 is 10.2 Å². The van der Waals surface area contributed by atoms with Gasteiger partial charge in [0.2, 0.25) is 5.91 Å². The molecule has 4 heterocycles. The lowest BCUT2D eigenvalue weighted by Crippen LogP contribution is -2.52. The summed E-state index contributed by atoms with van der Waals surface area (Å²) in [5.41, 5.74) is 1.06. The lowest BCUT2D eigenvalue weighted by Gasteiger charge is -2.38. The van der Waals surface area contributed by atoms with Gasteiger partial charge in [-0.25, -0.2) is 24.6 Å². The SMILES string of the molecule is Cc1ccnc(NC(=O)C2CN(c3cc(-n4cncn4)ncn3)C2)c1. The Morgan fingerprint density at radius 1 is 1.16 bits per heavy atom. The third-order valence-electron chi connectivity index (χ3n) is 4.03. The topological polar surface area (TPSA) is 102 Å². The summed E-state index contributed by atoms with van der Waals surface area (Å²) < 4.78 is 1.57. The Morgan fingerprint density at radius 3 is 2.76 bits per heavy atom. The molecule has 3 aromatic rings. The molecular weight excluding hydrogens is 320 g/mol. The van der Waals surface area contributed by atoms with Crippen LogP contribution in [0.4, 0.5) is 11.6 Å². The maximum atomic E-state index is 12.3. The van der Waals surface area contributed by atoms with Crippen molar-refractivity contribution in [1.29, 1.82) is 0 Å². The van der Waals surface area contributed by atoms with Gasteiger partial charge in [-0.2, -0.15) is 5.10 Å². The predicted molar refractivity (Wildman–Crippen MR) is 90.3 cm³/mol. The van der Waals surface area contributed by atoms with Crippen LogP contribution in [0.25, 0.3) is 5.82 Å². The minimum Gasteiger partial charge on any atom is -0.355 e. The zero-order chi connectivity index (χ0) is 17.2. The van der Waals surface area contributed by atoms with Crippen LogP contribution >= 0.6 is 0 Å². The Labute approximate surface area is 143 Å². The standard InChI is InChI=1S/C16H16N8O/c1-11-2-3-18-13(4-11)22-16(25)12-6-23(7-12)14-5-15(20-9-19-14)24-10-17-8-21-24/h2-5,8-10,12H,6-7H2,1H3,(H,18,22,25). The molecule has 4 rings (SSSR count). The highest BCUT2D eigenvalue weighted by Crippen LogP contribution is 2.24. The Balaban J connectivity index is 1.39. The molecule has 1 aliphatic rings. The lowest BCUT2D eigenvalue weighted by atomic mass is 9.99. The van der Waals surface area contributed by atoms with E-state index in [1.54, 1.807) is 17.2 Å². The zero-order valence-corrected chi connectivity index (χ0v) is 13.6. The van der Waals surface area contributed by atoms with Crippen molar-refractivity contribution in [3.63, 3.8) is 0 Å². The van der Waals surface area contributed by atoms with Crippen LogP contribution in [-0.4, -0.2) is 48.7 Å². The summed E-state index contributed by atoms with van der Waals surface area (Å²) in [4.78, 5) is 30.8. The lowest BCUT2D eigenvalue weighted by molar-refractivity contribution is -0.120. The van der Waals surface area contributed by atoms with Crippen LogP contribution in [0.5, 0.6) is 0 Å². The maximum Gasteiger partial charge on any atom is 0.232 e. The summed E-state index contributed by atoms with van der Waals surface area (Å²) in [6.45, 7) is 3.17. The summed E-state index contributed by atoms with van der Waals surface area (Å²) in [6.07, 6.45) is 6.19. The average Bonchev–Trinajstić information content (AvgIpc) is 3.08. The first kappa shape index (κ1) is 15.2. The third kappa shape index (κ3) is 3.16. The van der Waals surface area contributed by atoms with Gasteiger partial charge in [-0.1, -0.05) is 0 Å². The van der Waals surface area contributed by atoms with Crippen LogP contribution in [0.15, 0.2) is 43.4 Å². The molecule has 25 heavy (non-hydrogen) atoms. The van der Waals surface area contributed by atoms with E-state index in [1.807, 2.05) is 30.0 Å². The minimum atomic E-state index is -0.0907. The number of nitrogens with zero attached hydrogens (tertiary/aromatic N) is 7. The van der Waals surface area contributed by atoms with Gasteiger partial charge in [-0.15, -0.1) is 0 Å². The average molecular weight is 336 g/mol. The van der Waals surface area contributed by atoms with Gasteiger partial charge in [0.25, 0.3) is 0 Å². The number of carbonyl (C=O) groups is 1. The predicted octanol–water partition coefficient (Wildman–Crippen LogP) is 0.836. The second kappa shape index (κ2) is 6.27. The van der Waals surface area contributed by atoms with Gasteiger partial charge in [-0.05, 0) is 24.6 Å². The molecule has 3 aromatic heterocycles. The van der Waals surface area contributed by atoms with Crippen LogP contribution in [0.1, 0.15) is 5.56 Å². The Hall–Kier alpha value is -3.36. The van der Waals surface area contributed by atoms with Gasteiger partial charge >= 0.3 is 0 Å². The molecule has 0 saturated carbocycles. The monoisotopic (exact) mass is 336 g/mol. The first-order valence-electron chi connectivity index (χ1n) is 7.84. The number of aromatic nitrogens is 6. The van der Waals surface area contributed by atoms with E-state index in [0.717, 1.165) is 11.4 Å². The molecule has 1 N–H and O–H groups in total. The number of amides is 1. The molecule has 1 saturated heterocycles. The van der Waals surface area contributed by atoms with Crippen LogP contribution in [-0.2, 0) is 4.79 Å². The van der Waals surface area contributed by atoms with E-state index >= 15 is 0 Å². The molecule has 9 heteroatoms. The molecule has 1 amide bonds. The highest BCUT2D eigenvalue weighted by Gasteiger charge is 2.33. The molecule has 126 valence electrons. The largest absolute Gasteiger partial charge is 0.355 e. The Kier molecular flexibility index (Phi) is 3.81. The summed E-state index contributed by atoms with van der Waals surface area (Å²) >= 11 is 0. The number of carbonyl (C=O) groups excluding carboxylic acids is 1. The summed E-state index contributed by atoms with van der Waals surface area (Å²) in [6, 6.07) is 5.57. The second-order valence-electron chi connectivity index (χ2n) is 5.88. The number of aryl methyl sites for hydroxylation is 1. The van der Waals surface area contributed by atoms with Crippen LogP contribution in [0.3, 0.4) is 0 Å². The fourth-order valence-corrected chi connectivity index (χ4v) is 2.63. The van der Waals surface area contributed by atoms with Gasteiger partial charge in [0, 0.05) is 25.4 Å². The number of pyridine rings is 1. The van der Waals surface area contributed by atoms with Gasteiger partial charge in [0.1, 0.15) is 30.6 Å². The van der Waals surface area contributed by atoms with Gasteiger partial charge in [-0.3, -0.25) is 4.79 Å². The molecule has 0 spiro atoms. The van der Waals surface area contributed by atoms with Gasteiger partial charge in [0.15, 0.2) is 5.82 Å². The number of rotatable bonds is 4. The zero-order valence-electron chi connectivity index (χ0n) is 13.6. The van der Waals surface area contributed by atoms with Crippen molar-refractivity contribution in [2.45, 2.75) is 6.92 Å². The van der Waals surface area contributed by atoms with Crippen molar-refractivity contribution in [3.8, 4) is 5.82 Å². The van der Waals surface area contributed by atoms with E-state index in [2.05, 4.69) is 30.4 Å². The van der Waals surface area contributed by atoms with Crippen molar-refractivity contribution in [2.24, 2.45) is 5.92 Å². The quantitative estimate of drug-likeness (QED) is 0.753. The summed E-state index contributed by atoms with van der Waals surface area (Å²) in [5, 5.41) is 6.91. The number of hydrogen-bond acceptors (Lipinski definition) is 7. The number of anilines is 2. The molecule has 0 aromatic carbocycles. The molecule has 0 bridgehead atoms. The Morgan fingerprint density at radius 2 is 2.00 bits per heavy atom. The highest BCUT2D eigenvalue weighted by molar-refractivity contribution is 5.93. The Bertz CT molecular complexity index is 889. The molecule has 0 radical (unpaired) electrons. The normalized spacial score (nSPS) is 14.2. The van der Waals surface area contributed by atoms with Crippen LogP contribution in [0.2, 0.25) is 0 Å². The molecule has 1 aliphatic heterocycles. The van der Waals surface area contributed by atoms with E-state index in [4.69, 9.17) is 0 Å². The van der Waals surface area contributed by atoms with E-state index in [9.17, 15) is 4.79 Å². The van der Waals surface area contributed by atoms with E-state index in [0.29, 0.717) is 24.7 Å². The number of hydrogen-bond donors (Lipinski definition) is 1. The summed E-state index contributed by atoms with van der Waals surface area (Å²) in [5.74, 6) is 1.86. The van der Waals surface area contributed by atoms with E-state index < -0.39 is 0 Å². The molecule has 0 unspecified atom stereocenters. The van der Waals surface area contributed by atoms with E-state index in [1.165, 1.54) is 12.7 Å². The van der Waals surface area contributed by atoms with Crippen molar-refractivity contribution in [1.82, 2.24) is 29.7 Å². The van der Waals surface area contributed by atoms with Crippen LogP contribution in [0, 0.1) is 12.8 Å². The first-order valence-corrected chi connectivity index (χ1v) is 7.84.